The first-order valence-electron chi connectivity index (χ1n) is 9.86. The van der Waals surface area contributed by atoms with Gasteiger partial charge in [0.1, 0.15) is 0 Å². The molecule has 1 heterocycles. The highest BCUT2D eigenvalue weighted by atomic mass is 35.5. The highest BCUT2D eigenvalue weighted by molar-refractivity contribution is 6.35. The minimum absolute atomic E-state index is 0.0759. The van der Waals surface area contributed by atoms with Crippen LogP contribution in [0.5, 0.6) is 0 Å². The van der Waals surface area contributed by atoms with E-state index in [0.29, 0.717) is 53.0 Å². The monoisotopic (exact) mass is 445 g/mol. The van der Waals surface area contributed by atoms with Crippen molar-refractivity contribution >= 4 is 46.6 Å². The van der Waals surface area contributed by atoms with Crippen molar-refractivity contribution in [2.75, 3.05) is 31.5 Å². The van der Waals surface area contributed by atoms with Crippen LogP contribution in [0.25, 0.3) is 0 Å². The highest BCUT2D eigenvalue weighted by Crippen LogP contribution is 2.31. The summed E-state index contributed by atoms with van der Waals surface area (Å²) in [6, 6.07) is 11.4. The molecule has 8 heteroatoms. The van der Waals surface area contributed by atoms with Gasteiger partial charge in [-0.3, -0.25) is 14.4 Å². The minimum Gasteiger partial charge on any atom is -0.339 e. The number of hydrogen-bond donors (Lipinski definition) is 1. The third kappa shape index (κ3) is 4.77. The normalized spacial score (nSPS) is 16.3. The topological polar surface area (TPSA) is 69.7 Å². The lowest BCUT2D eigenvalue weighted by molar-refractivity contribution is -0.134. The van der Waals surface area contributed by atoms with Crippen molar-refractivity contribution in [1.29, 1.82) is 0 Å². The summed E-state index contributed by atoms with van der Waals surface area (Å²) in [5, 5.41) is 3.53. The average molecular weight is 446 g/mol. The zero-order valence-corrected chi connectivity index (χ0v) is 17.7. The number of benzene rings is 2. The lowest BCUT2D eigenvalue weighted by Gasteiger charge is -2.35. The third-order valence-electron chi connectivity index (χ3n) is 5.32. The molecule has 2 fully saturated rings. The quantitative estimate of drug-likeness (QED) is 0.774. The van der Waals surface area contributed by atoms with Gasteiger partial charge in [0.25, 0.3) is 11.8 Å². The van der Waals surface area contributed by atoms with Crippen LogP contribution in [0.3, 0.4) is 0 Å². The Kier molecular flexibility index (Phi) is 5.97. The van der Waals surface area contributed by atoms with Crippen LogP contribution in [-0.2, 0) is 4.79 Å². The summed E-state index contributed by atoms with van der Waals surface area (Å²) in [6.45, 7) is 2.23. The maximum atomic E-state index is 12.8. The summed E-state index contributed by atoms with van der Waals surface area (Å²) < 4.78 is 0. The van der Waals surface area contributed by atoms with Crippen molar-refractivity contribution in [3.63, 3.8) is 0 Å². The number of anilines is 1. The van der Waals surface area contributed by atoms with Gasteiger partial charge >= 0.3 is 0 Å². The standard InChI is InChI=1S/C22H21Cl2N3O3/c23-17-11-16(12-18(24)13-17)20(28)25-19-5-3-15(4-6-19)22(30)27-9-7-26(8-10-27)21(29)14-1-2-14/h3-6,11-14H,1-2,7-10H2,(H,25,28). The molecule has 1 saturated heterocycles. The smallest absolute Gasteiger partial charge is 0.255 e. The molecule has 2 aromatic rings. The van der Waals surface area contributed by atoms with Gasteiger partial charge < -0.3 is 15.1 Å². The number of halogens is 2. The number of carbonyl (C=O) groups is 3. The van der Waals surface area contributed by atoms with E-state index in [-0.39, 0.29) is 23.6 Å². The predicted molar refractivity (Wildman–Crippen MR) is 116 cm³/mol. The van der Waals surface area contributed by atoms with Crippen LogP contribution >= 0.6 is 23.2 Å². The molecule has 0 unspecified atom stereocenters. The number of nitrogens with one attached hydrogen (secondary N) is 1. The molecule has 0 atom stereocenters. The third-order valence-corrected chi connectivity index (χ3v) is 5.76. The highest BCUT2D eigenvalue weighted by Gasteiger charge is 2.35. The van der Waals surface area contributed by atoms with Crippen LogP contribution < -0.4 is 5.32 Å². The van der Waals surface area contributed by atoms with Gasteiger partial charge in [0.2, 0.25) is 5.91 Å². The van der Waals surface area contributed by atoms with Crippen molar-refractivity contribution in [2.24, 2.45) is 5.92 Å². The second kappa shape index (κ2) is 8.66. The van der Waals surface area contributed by atoms with Gasteiger partial charge in [-0.05, 0) is 55.3 Å². The van der Waals surface area contributed by atoms with Crippen molar-refractivity contribution < 1.29 is 14.4 Å². The van der Waals surface area contributed by atoms with Gasteiger partial charge in [0.15, 0.2) is 0 Å². The number of piperazine rings is 1. The fraction of sp³-hybridized carbons (Fsp3) is 0.318. The Balaban J connectivity index is 1.34. The summed E-state index contributed by atoms with van der Waals surface area (Å²) in [5.41, 5.74) is 1.46. The summed E-state index contributed by atoms with van der Waals surface area (Å²) in [6.07, 6.45) is 1.98. The van der Waals surface area contributed by atoms with E-state index in [1.165, 1.54) is 12.1 Å². The molecule has 1 saturated carbocycles. The Labute approximate surface area is 184 Å². The molecular weight excluding hydrogens is 425 g/mol. The van der Waals surface area contributed by atoms with Gasteiger partial charge in [0, 0.05) is 59.0 Å². The van der Waals surface area contributed by atoms with Crippen LogP contribution in [0.15, 0.2) is 42.5 Å². The summed E-state index contributed by atoms with van der Waals surface area (Å²) in [5.74, 6) is 0.0177. The summed E-state index contributed by atoms with van der Waals surface area (Å²) in [7, 11) is 0. The fourth-order valence-corrected chi connectivity index (χ4v) is 4.01. The molecule has 4 rings (SSSR count). The minimum atomic E-state index is -0.338. The van der Waals surface area contributed by atoms with Crippen molar-refractivity contribution in [1.82, 2.24) is 9.80 Å². The van der Waals surface area contributed by atoms with E-state index in [1.54, 1.807) is 35.2 Å². The van der Waals surface area contributed by atoms with Crippen molar-refractivity contribution in [3.05, 3.63) is 63.6 Å². The van der Waals surface area contributed by atoms with Crippen molar-refractivity contribution in [3.8, 4) is 0 Å². The molecule has 1 aliphatic carbocycles. The lowest BCUT2D eigenvalue weighted by atomic mass is 10.1. The van der Waals surface area contributed by atoms with E-state index in [4.69, 9.17) is 23.2 Å². The van der Waals surface area contributed by atoms with E-state index < -0.39 is 0 Å². The Morgan fingerprint density at radius 1 is 0.800 bits per heavy atom. The Bertz CT molecular complexity index is 961. The van der Waals surface area contributed by atoms with E-state index in [1.807, 2.05) is 4.90 Å². The van der Waals surface area contributed by atoms with Crippen molar-refractivity contribution in [2.45, 2.75) is 12.8 Å². The first-order chi connectivity index (χ1) is 14.4. The van der Waals surface area contributed by atoms with Crippen LogP contribution in [0.4, 0.5) is 5.69 Å². The molecule has 30 heavy (non-hydrogen) atoms. The van der Waals surface area contributed by atoms with Crippen LogP contribution in [0, 0.1) is 5.92 Å². The second-order valence-electron chi connectivity index (χ2n) is 7.58. The van der Waals surface area contributed by atoms with Crippen LogP contribution in [0.1, 0.15) is 33.6 Å². The molecule has 2 aromatic carbocycles. The van der Waals surface area contributed by atoms with E-state index in [9.17, 15) is 14.4 Å². The van der Waals surface area contributed by atoms with E-state index in [2.05, 4.69) is 5.32 Å². The fourth-order valence-electron chi connectivity index (χ4n) is 3.49. The molecule has 1 aliphatic heterocycles. The first-order valence-corrected chi connectivity index (χ1v) is 10.6. The molecular formula is C22H21Cl2N3O3. The molecule has 0 radical (unpaired) electrons. The maximum absolute atomic E-state index is 12.8. The largest absolute Gasteiger partial charge is 0.339 e. The molecule has 0 aromatic heterocycles. The summed E-state index contributed by atoms with van der Waals surface area (Å²) in [4.78, 5) is 40.9. The predicted octanol–water partition coefficient (Wildman–Crippen LogP) is 3.94. The SMILES string of the molecule is O=C(Nc1ccc(C(=O)N2CCN(C(=O)C3CC3)CC2)cc1)c1cc(Cl)cc(Cl)c1. The van der Waals surface area contributed by atoms with Gasteiger partial charge in [-0.25, -0.2) is 0 Å². The number of carbonyl (C=O) groups excluding carboxylic acids is 3. The molecule has 156 valence electrons. The Morgan fingerprint density at radius 3 is 1.93 bits per heavy atom. The Morgan fingerprint density at radius 2 is 1.37 bits per heavy atom. The van der Waals surface area contributed by atoms with Gasteiger partial charge in [-0.15, -0.1) is 0 Å². The summed E-state index contributed by atoms with van der Waals surface area (Å²) >= 11 is 11.9. The molecule has 1 N–H and O–H groups in total. The van der Waals surface area contributed by atoms with Gasteiger partial charge in [0.05, 0.1) is 0 Å². The molecule has 0 bridgehead atoms. The zero-order valence-electron chi connectivity index (χ0n) is 16.2. The number of nitrogens with zero attached hydrogens (tertiary/aromatic N) is 2. The number of hydrogen-bond acceptors (Lipinski definition) is 3. The maximum Gasteiger partial charge on any atom is 0.255 e. The second-order valence-corrected chi connectivity index (χ2v) is 8.45. The Hall–Kier alpha value is -2.57. The molecule has 0 spiro atoms. The molecule has 3 amide bonds. The van der Waals surface area contributed by atoms with E-state index in [0.717, 1.165) is 12.8 Å². The molecule has 6 nitrogen and oxygen atoms in total. The van der Waals surface area contributed by atoms with Crippen LogP contribution in [-0.4, -0.2) is 53.7 Å². The molecule has 2 aliphatic rings. The van der Waals surface area contributed by atoms with Crippen LogP contribution in [0.2, 0.25) is 10.0 Å². The van der Waals surface area contributed by atoms with Gasteiger partial charge in [-0.1, -0.05) is 23.2 Å². The zero-order chi connectivity index (χ0) is 21.3. The van der Waals surface area contributed by atoms with E-state index >= 15 is 0 Å². The lowest BCUT2D eigenvalue weighted by Crippen LogP contribution is -2.51. The first kappa shape index (κ1) is 20.7. The average Bonchev–Trinajstić information content (AvgIpc) is 3.58. The number of amides is 3. The number of rotatable bonds is 4. The van der Waals surface area contributed by atoms with Gasteiger partial charge in [-0.2, -0.15) is 0 Å².